The van der Waals surface area contributed by atoms with E-state index in [1.807, 2.05) is 31.2 Å². The van der Waals surface area contributed by atoms with Crippen molar-refractivity contribution in [2.45, 2.75) is 49.9 Å². The summed E-state index contributed by atoms with van der Waals surface area (Å²) in [6.45, 7) is 3.92. The van der Waals surface area contributed by atoms with Crippen LogP contribution in [0.25, 0.3) is 0 Å². The van der Waals surface area contributed by atoms with Crippen molar-refractivity contribution >= 4 is 45.7 Å². The lowest BCUT2D eigenvalue weighted by Gasteiger charge is -2.17. The number of carbonyl (C=O) groups excluding carboxylic acids is 2. The van der Waals surface area contributed by atoms with E-state index < -0.39 is 0 Å². The molecule has 26 heavy (non-hydrogen) atoms. The number of para-hydroxylation sites is 1. The van der Waals surface area contributed by atoms with Gasteiger partial charge in [0.1, 0.15) is 0 Å². The minimum absolute atomic E-state index is 0.0728. The number of nitrogens with zero attached hydrogens (tertiary/aromatic N) is 3. The van der Waals surface area contributed by atoms with Crippen molar-refractivity contribution in [1.82, 2.24) is 10.2 Å². The van der Waals surface area contributed by atoms with Crippen molar-refractivity contribution in [3.63, 3.8) is 0 Å². The van der Waals surface area contributed by atoms with E-state index in [0.29, 0.717) is 15.9 Å². The van der Waals surface area contributed by atoms with E-state index >= 15 is 0 Å². The van der Waals surface area contributed by atoms with E-state index in [1.165, 1.54) is 23.1 Å². The first kappa shape index (κ1) is 18.8. The molecule has 1 aliphatic rings. The van der Waals surface area contributed by atoms with Crippen LogP contribution in [0.3, 0.4) is 0 Å². The Morgan fingerprint density at radius 3 is 2.73 bits per heavy atom. The number of benzene rings is 1. The summed E-state index contributed by atoms with van der Waals surface area (Å²) in [6, 6.07) is 8.07. The molecule has 0 unspecified atom stereocenters. The van der Waals surface area contributed by atoms with Gasteiger partial charge in [-0.05, 0) is 30.9 Å². The Hall–Kier alpha value is -1.93. The van der Waals surface area contributed by atoms with Crippen molar-refractivity contribution < 1.29 is 9.59 Å². The van der Waals surface area contributed by atoms with Gasteiger partial charge in [-0.25, -0.2) is 0 Å². The maximum Gasteiger partial charge on any atom is 0.234 e. The molecule has 1 saturated carbocycles. The highest BCUT2D eigenvalue weighted by Gasteiger charge is 2.35. The Morgan fingerprint density at radius 2 is 2.04 bits per heavy atom. The molecule has 0 radical (unpaired) electrons. The second-order valence-electron chi connectivity index (χ2n) is 6.05. The van der Waals surface area contributed by atoms with Gasteiger partial charge in [-0.2, -0.15) is 0 Å². The highest BCUT2D eigenvalue weighted by atomic mass is 32.2. The van der Waals surface area contributed by atoms with Gasteiger partial charge in [0.05, 0.1) is 5.75 Å². The maximum atomic E-state index is 12.2. The van der Waals surface area contributed by atoms with Gasteiger partial charge in [-0.15, -0.1) is 10.2 Å². The number of rotatable bonds is 8. The van der Waals surface area contributed by atoms with Gasteiger partial charge in [-0.3, -0.25) is 14.5 Å². The van der Waals surface area contributed by atoms with Gasteiger partial charge in [-0.1, -0.05) is 55.1 Å². The van der Waals surface area contributed by atoms with Crippen LogP contribution in [0.1, 0.15) is 38.7 Å². The van der Waals surface area contributed by atoms with Crippen LogP contribution in [0.4, 0.5) is 10.8 Å². The molecule has 0 bridgehead atoms. The van der Waals surface area contributed by atoms with Crippen molar-refractivity contribution in [1.29, 1.82) is 0 Å². The molecular formula is C18H22N4O2S2. The summed E-state index contributed by atoms with van der Waals surface area (Å²) in [5.74, 6) is 0.267. The first-order valence-electron chi connectivity index (χ1n) is 8.78. The van der Waals surface area contributed by atoms with Crippen LogP contribution in [0.15, 0.2) is 28.6 Å². The molecule has 1 aromatic carbocycles. The largest absolute Gasteiger partial charge is 0.325 e. The van der Waals surface area contributed by atoms with Gasteiger partial charge in [0, 0.05) is 18.2 Å². The Bertz CT molecular complexity index is 789. The third-order valence-corrected chi connectivity index (χ3v) is 6.14. The molecule has 0 atom stereocenters. The number of nitrogens with one attached hydrogen (secondary N) is 1. The van der Waals surface area contributed by atoms with Crippen molar-refractivity contribution in [3.8, 4) is 0 Å². The smallest absolute Gasteiger partial charge is 0.234 e. The lowest BCUT2D eigenvalue weighted by atomic mass is 10.1. The lowest BCUT2D eigenvalue weighted by Crippen LogP contribution is -2.32. The second-order valence-corrected chi connectivity index (χ2v) is 8.23. The first-order chi connectivity index (χ1) is 12.6. The van der Waals surface area contributed by atoms with Crippen LogP contribution in [0, 0.1) is 0 Å². The molecule has 1 aliphatic carbocycles. The molecule has 3 rings (SSSR count). The van der Waals surface area contributed by atoms with Gasteiger partial charge in [0.25, 0.3) is 0 Å². The third kappa shape index (κ3) is 4.62. The minimum atomic E-state index is -0.0728. The van der Waals surface area contributed by atoms with Crippen LogP contribution < -0.4 is 10.2 Å². The summed E-state index contributed by atoms with van der Waals surface area (Å²) >= 11 is 2.72. The summed E-state index contributed by atoms with van der Waals surface area (Å²) in [6.07, 6.45) is 3.36. The Balaban J connectivity index is 1.57. The number of thioether (sulfide) groups is 1. The normalized spacial score (nSPS) is 13.5. The van der Waals surface area contributed by atoms with E-state index in [4.69, 9.17) is 0 Å². The average molecular weight is 391 g/mol. The summed E-state index contributed by atoms with van der Waals surface area (Å²) in [5.41, 5.74) is 1.97. The molecule has 2 amide bonds. The molecule has 6 nitrogen and oxygen atoms in total. The topological polar surface area (TPSA) is 75.2 Å². The van der Waals surface area contributed by atoms with E-state index in [-0.39, 0.29) is 23.6 Å². The van der Waals surface area contributed by atoms with Crippen molar-refractivity contribution in [3.05, 3.63) is 29.8 Å². The summed E-state index contributed by atoms with van der Waals surface area (Å²) in [4.78, 5) is 26.1. The Morgan fingerprint density at radius 1 is 1.27 bits per heavy atom. The van der Waals surface area contributed by atoms with Crippen molar-refractivity contribution in [2.75, 3.05) is 16.0 Å². The maximum absolute atomic E-state index is 12.2. The lowest BCUT2D eigenvalue weighted by molar-refractivity contribution is -0.118. The molecule has 1 aromatic heterocycles. The zero-order chi connectivity index (χ0) is 18.5. The monoisotopic (exact) mass is 390 g/mol. The zero-order valence-electron chi connectivity index (χ0n) is 14.9. The number of hydrogen-bond donors (Lipinski definition) is 1. The first-order valence-corrected chi connectivity index (χ1v) is 10.6. The van der Waals surface area contributed by atoms with Crippen LogP contribution in [0.5, 0.6) is 0 Å². The third-order valence-electron chi connectivity index (χ3n) is 4.08. The molecule has 0 aliphatic heterocycles. The van der Waals surface area contributed by atoms with Crippen LogP contribution in [-0.2, 0) is 16.0 Å². The molecule has 2 aromatic rings. The molecule has 1 fully saturated rings. The second kappa shape index (κ2) is 8.64. The molecular weight excluding hydrogens is 368 g/mol. The van der Waals surface area contributed by atoms with Gasteiger partial charge < -0.3 is 5.32 Å². The van der Waals surface area contributed by atoms with Crippen LogP contribution in [0.2, 0.25) is 0 Å². The van der Waals surface area contributed by atoms with Crippen molar-refractivity contribution in [2.24, 2.45) is 0 Å². The summed E-state index contributed by atoms with van der Waals surface area (Å²) in [5, 5.41) is 11.9. The Kier molecular flexibility index (Phi) is 6.26. The molecule has 0 spiro atoms. The number of aromatic nitrogens is 2. The molecule has 1 heterocycles. The minimum Gasteiger partial charge on any atom is -0.325 e. The highest BCUT2D eigenvalue weighted by Crippen LogP contribution is 2.36. The zero-order valence-corrected chi connectivity index (χ0v) is 16.5. The van der Waals surface area contributed by atoms with E-state index in [2.05, 4.69) is 22.4 Å². The predicted octanol–water partition coefficient (Wildman–Crippen LogP) is 3.74. The fourth-order valence-electron chi connectivity index (χ4n) is 2.59. The van der Waals surface area contributed by atoms with E-state index in [0.717, 1.165) is 30.5 Å². The Labute approximate surface area is 161 Å². The molecule has 1 N–H and O–H groups in total. The number of amides is 2. The van der Waals surface area contributed by atoms with Gasteiger partial charge >= 0.3 is 0 Å². The summed E-state index contributed by atoms with van der Waals surface area (Å²) in [7, 11) is 0. The van der Waals surface area contributed by atoms with E-state index in [9.17, 15) is 9.59 Å². The molecule has 0 saturated heterocycles. The summed E-state index contributed by atoms with van der Waals surface area (Å²) < 4.78 is 0.702. The van der Waals surface area contributed by atoms with Gasteiger partial charge in [0.2, 0.25) is 16.9 Å². The number of hydrogen-bond acceptors (Lipinski definition) is 6. The quantitative estimate of drug-likeness (QED) is 0.549. The molecule has 8 heteroatoms. The van der Waals surface area contributed by atoms with Crippen LogP contribution >= 0.6 is 23.1 Å². The fourth-order valence-corrected chi connectivity index (χ4v) is 4.32. The van der Waals surface area contributed by atoms with Crippen LogP contribution in [-0.4, -0.2) is 33.8 Å². The molecule has 138 valence electrons. The average Bonchev–Trinajstić information content (AvgIpc) is 3.38. The standard InChI is InChI=1S/C18H22N4O2S2/c1-3-12-7-5-6-8-14(12)19-15(23)11-25-18-21-20-17(26-18)22(13-9-10-13)16(24)4-2/h5-8,13H,3-4,9-11H2,1-2H3,(H,19,23). The highest BCUT2D eigenvalue weighted by molar-refractivity contribution is 8.01. The fraction of sp³-hybridized carbons (Fsp3) is 0.444. The number of anilines is 2. The van der Waals surface area contributed by atoms with E-state index in [1.54, 1.807) is 4.90 Å². The number of aryl methyl sites for hydroxylation is 1. The van der Waals surface area contributed by atoms with Gasteiger partial charge in [0.15, 0.2) is 4.34 Å². The SMILES string of the molecule is CCC(=O)N(c1nnc(SCC(=O)Nc2ccccc2CC)s1)C1CC1. The number of carbonyl (C=O) groups is 2. The predicted molar refractivity (Wildman–Crippen MR) is 106 cm³/mol.